The fraction of sp³-hybridized carbons (Fsp3) is 0.632. The lowest BCUT2D eigenvalue weighted by atomic mass is 10.1. The first kappa shape index (κ1) is 19.4. The van der Waals surface area contributed by atoms with Gasteiger partial charge in [0.25, 0.3) is 0 Å². The molecule has 1 aromatic carbocycles. The van der Waals surface area contributed by atoms with Crippen LogP contribution >= 0.6 is 0 Å². The van der Waals surface area contributed by atoms with E-state index in [0.717, 1.165) is 37.1 Å². The number of nitrogens with one attached hydrogen (secondary N) is 1. The molecule has 140 valence electrons. The Hall–Kier alpha value is -1.95. The molecular weight excluding hydrogens is 316 g/mol. The van der Waals surface area contributed by atoms with E-state index in [1.807, 2.05) is 12.1 Å². The molecule has 1 aromatic rings. The maximum atomic E-state index is 5.45. The molecule has 0 aliphatic carbocycles. The van der Waals surface area contributed by atoms with E-state index in [0.29, 0.717) is 6.54 Å². The van der Waals surface area contributed by atoms with Gasteiger partial charge in [-0.1, -0.05) is 6.07 Å². The second-order valence-electron chi connectivity index (χ2n) is 6.48. The summed E-state index contributed by atoms with van der Waals surface area (Å²) in [6.45, 7) is 5.88. The maximum absolute atomic E-state index is 5.45. The molecule has 6 nitrogen and oxygen atoms in total. The van der Waals surface area contributed by atoms with Crippen LogP contribution in [0, 0.1) is 0 Å². The van der Waals surface area contributed by atoms with Gasteiger partial charge < -0.3 is 24.6 Å². The number of nitrogens with zero attached hydrogens (tertiary/aromatic N) is 3. The molecule has 0 saturated carbocycles. The van der Waals surface area contributed by atoms with Gasteiger partial charge in [0.05, 0.1) is 26.8 Å². The fourth-order valence-electron chi connectivity index (χ4n) is 3.15. The highest BCUT2D eigenvalue weighted by Crippen LogP contribution is 2.31. The smallest absolute Gasteiger partial charge is 0.193 e. The third-order valence-corrected chi connectivity index (χ3v) is 4.57. The SMILES string of the molecule is CCNC(=NCC(c1ccc(OC)c(OC)c1)N(C)C)N1CCCC1. The van der Waals surface area contributed by atoms with Gasteiger partial charge in [-0.25, -0.2) is 0 Å². The van der Waals surface area contributed by atoms with Crippen molar-refractivity contribution in [3.05, 3.63) is 23.8 Å². The van der Waals surface area contributed by atoms with Crippen molar-refractivity contribution in [2.45, 2.75) is 25.8 Å². The van der Waals surface area contributed by atoms with E-state index >= 15 is 0 Å². The summed E-state index contributed by atoms with van der Waals surface area (Å²) in [5.41, 5.74) is 1.17. The number of rotatable bonds is 7. The molecule has 1 unspecified atom stereocenters. The molecular formula is C19H32N4O2. The van der Waals surface area contributed by atoms with Gasteiger partial charge in [0.1, 0.15) is 0 Å². The van der Waals surface area contributed by atoms with E-state index in [2.05, 4.69) is 42.2 Å². The molecule has 1 fully saturated rings. The maximum Gasteiger partial charge on any atom is 0.193 e. The van der Waals surface area contributed by atoms with Gasteiger partial charge >= 0.3 is 0 Å². The van der Waals surface area contributed by atoms with Crippen LogP contribution in [0.5, 0.6) is 11.5 Å². The Kier molecular flexibility index (Phi) is 7.37. The van der Waals surface area contributed by atoms with Crippen molar-refractivity contribution in [1.29, 1.82) is 0 Å². The van der Waals surface area contributed by atoms with Gasteiger partial charge in [-0.05, 0) is 51.6 Å². The third kappa shape index (κ3) is 5.01. The molecule has 0 amide bonds. The first-order chi connectivity index (χ1) is 12.1. The highest BCUT2D eigenvalue weighted by molar-refractivity contribution is 5.80. The van der Waals surface area contributed by atoms with Crippen molar-refractivity contribution in [2.24, 2.45) is 4.99 Å². The van der Waals surface area contributed by atoms with Crippen molar-refractivity contribution < 1.29 is 9.47 Å². The van der Waals surface area contributed by atoms with E-state index < -0.39 is 0 Å². The number of aliphatic imine (C=N–C) groups is 1. The van der Waals surface area contributed by atoms with Crippen LogP contribution in [0.3, 0.4) is 0 Å². The van der Waals surface area contributed by atoms with Crippen LogP contribution in [0.4, 0.5) is 0 Å². The second-order valence-corrected chi connectivity index (χ2v) is 6.48. The van der Waals surface area contributed by atoms with Crippen LogP contribution in [0.1, 0.15) is 31.4 Å². The second kappa shape index (κ2) is 9.51. The number of likely N-dealkylation sites (N-methyl/N-ethyl adjacent to an activating group) is 1. The van der Waals surface area contributed by atoms with E-state index in [9.17, 15) is 0 Å². The Morgan fingerprint density at radius 1 is 1.20 bits per heavy atom. The van der Waals surface area contributed by atoms with E-state index in [1.54, 1.807) is 14.2 Å². The zero-order valence-corrected chi connectivity index (χ0v) is 16.2. The number of ether oxygens (including phenoxy) is 2. The molecule has 25 heavy (non-hydrogen) atoms. The molecule has 0 bridgehead atoms. The van der Waals surface area contributed by atoms with Crippen LogP contribution in [-0.2, 0) is 0 Å². The zero-order valence-electron chi connectivity index (χ0n) is 16.2. The predicted octanol–water partition coefficient (Wildman–Crippen LogP) is 2.37. The lowest BCUT2D eigenvalue weighted by Crippen LogP contribution is -2.40. The fourth-order valence-corrected chi connectivity index (χ4v) is 3.15. The highest BCUT2D eigenvalue weighted by Gasteiger charge is 2.19. The number of benzene rings is 1. The lowest BCUT2D eigenvalue weighted by Gasteiger charge is -2.26. The van der Waals surface area contributed by atoms with Crippen molar-refractivity contribution in [3.8, 4) is 11.5 Å². The summed E-state index contributed by atoms with van der Waals surface area (Å²) < 4.78 is 10.8. The summed E-state index contributed by atoms with van der Waals surface area (Å²) >= 11 is 0. The summed E-state index contributed by atoms with van der Waals surface area (Å²) in [6, 6.07) is 6.27. The average Bonchev–Trinajstić information content (AvgIpc) is 3.15. The molecule has 1 aliphatic rings. The molecule has 1 aliphatic heterocycles. The van der Waals surface area contributed by atoms with Gasteiger partial charge in [-0.15, -0.1) is 0 Å². The summed E-state index contributed by atoms with van der Waals surface area (Å²) in [5, 5.41) is 3.42. The van der Waals surface area contributed by atoms with Gasteiger partial charge in [-0.3, -0.25) is 4.99 Å². The lowest BCUT2D eigenvalue weighted by molar-refractivity contribution is 0.302. The number of methoxy groups -OCH3 is 2. The quantitative estimate of drug-likeness (QED) is 0.606. The molecule has 1 heterocycles. The number of guanidine groups is 1. The molecule has 1 N–H and O–H groups in total. The predicted molar refractivity (Wildman–Crippen MR) is 103 cm³/mol. The topological polar surface area (TPSA) is 49.3 Å². The van der Waals surface area contributed by atoms with Crippen LogP contribution < -0.4 is 14.8 Å². The minimum atomic E-state index is 0.177. The molecule has 6 heteroatoms. The Morgan fingerprint density at radius 3 is 2.44 bits per heavy atom. The monoisotopic (exact) mass is 348 g/mol. The van der Waals surface area contributed by atoms with Crippen molar-refractivity contribution in [2.75, 3.05) is 54.5 Å². The summed E-state index contributed by atoms with van der Waals surface area (Å²) in [6.07, 6.45) is 2.49. The Labute approximate surface area is 151 Å². The Morgan fingerprint density at radius 2 is 1.88 bits per heavy atom. The first-order valence-electron chi connectivity index (χ1n) is 9.02. The molecule has 0 radical (unpaired) electrons. The number of hydrogen-bond donors (Lipinski definition) is 1. The normalized spacial score (nSPS) is 16.2. The van der Waals surface area contributed by atoms with Crippen molar-refractivity contribution in [1.82, 2.24) is 15.1 Å². The first-order valence-corrected chi connectivity index (χ1v) is 9.02. The largest absolute Gasteiger partial charge is 0.493 e. The van der Waals surface area contributed by atoms with E-state index in [4.69, 9.17) is 14.5 Å². The average molecular weight is 348 g/mol. The zero-order chi connectivity index (χ0) is 18.2. The minimum Gasteiger partial charge on any atom is -0.493 e. The molecule has 1 atom stereocenters. The van der Waals surface area contributed by atoms with Crippen molar-refractivity contribution >= 4 is 5.96 Å². The molecule has 0 aromatic heterocycles. The summed E-state index contributed by atoms with van der Waals surface area (Å²) in [5.74, 6) is 2.52. The number of likely N-dealkylation sites (tertiary alicyclic amines) is 1. The van der Waals surface area contributed by atoms with Crippen molar-refractivity contribution in [3.63, 3.8) is 0 Å². The molecule has 2 rings (SSSR count). The van der Waals surface area contributed by atoms with Crippen LogP contribution in [0.25, 0.3) is 0 Å². The molecule has 1 saturated heterocycles. The molecule has 0 spiro atoms. The van der Waals surface area contributed by atoms with E-state index in [1.165, 1.54) is 18.4 Å². The Balaban J connectivity index is 2.21. The van der Waals surface area contributed by atoms with Gasteiger partial charge in [0.2, 0.25) is 0 Å². The van der Waals surface area contributed by atoms with Crippen LogP contribution in [-0.4, -0.2) is 70.3 Å². The van der Waals surface area contributed by atoms with Gasteiger partial charge in [0.15, 0.2) is 17.5 Å². The summed E-state index contributed by atoms with van der Waals surface area (Å²) in [7, 11) is 7.49. The van der Waals surface area contributed by atoms with Crippen LogP contribution in [0.2, 0.25) is 0 Å². The van der Waals surface area contributed by atoms with Gasteiger partial charge in [-0.2, -0.15) is 0 Å². The van der Waals surface area contributed by atoms with Crippen LogP contribution in [0.15, 0.2) is 23.2 Å². The Bertz CT molecular complexity index is 569. The number of hydrogen-bond acceptors (Lipinski definition) is 4. The third-order valence-electron chi connectivity index (χ3n) is 4.57. The van der Waals surface area contributed by atoms with Gasteiger partial charge in [0, 0.05) is 19.6 Å². The minimum absolute atomic E-state index is 0.177. The summed E-state index contributed by atoms with van der Waals surface area (Å²) in [4.78, 5) is 9.45. The van der Waals surface area contributed by atoms with E-state index in [-0.39, 0.29) is 6.04 Å². The standard InChI is InChI=1S/C19H32N4O2/c1-6-20-19(23-11-7-8-12-23)21-14-16(22(2)3)15-9-10-17(24-4)18(13-15)25-5/h9-10,13,16H,6-8,11-12,14H2,1-5H3,(H,20,21). The highest BCUT2D eigenvalue weighted by atomic mass is 16.5.